The van der Waals surface area contributed by atoms with Gasteiger partial charge in [-0.3, -0.25) is 4.99 Å². The Hall–Kier alpha value is -3.58. The number of hydrogen-bond acceptors (Lipinski definition) is 4. The van der Waals surface area contributed by atoms with Crippen LogP contribution in [0, 0.1) is 17.5 Å². The topological polar surface area (TPSA) is 41.6 Å². The van der Waals surface area contributed by atoms with E-state index in [4.69, 9.17) is 16.1 Å². The van der Waals surface area contributed by atoms with Crippen LogP contribution >= 0.6 is 11.6 Å². The third-order valence-corrected chi connectivity index (χ3v) is 5.05. The Balaban J connectivity index is 1.55. The molecule has 2 aromatic carbocycles. The highest BCUT2D eigenvalue weighted by atomic mass is 35.5. The van der Waals surface area contributed by atoms with Gasteiger partial charge in [0.15, 0.2) is 17.4 Å². The van der Waals surface area contributed by atoms with Gasteiger partial charge >= 0.3 is 0 Å². The summed E-state index contributed by atoms with van der Waals surface area (Å²) in [4.78, 5) is 6.19. The van der Waals surface area contributed by atoms with Crippen molar-refractivity contribution in [2.75, 3.05) is 0 Å². The van der Waals surface area contributed by atoms with Gasteiger partial charge in [0.1, 0.15) is 11.5 Å². The van der Waals surface area contributed by atoms with Gasteiger partial charge in [0.2, 0.25) is 0 Å². The molecule has 4 rings (SSSR count). The van der Waals surface area contributed by atoms with E-state index in [1.807, 2.05) is 0 Å². The fourth-order valence-electron chi connectivity index (χ4n) is 3.17. The molecular weight excluding hydrogens is 439 g/mol. The van der Waals surface area contributed by atoms with Gasteiger partial charge in [-0.2, -0.15) is 0 Å². The SMILES string of the molecule is C=C1C=CN(Cc2cc(-c3ccc(Cl)cc3F)no2)C=C1/N=C(\C)c1cccc(F)c1F. The van der Waals surface area contributed by atoms with Crippen LogP contribution in [0.5, 0.6) is 0 Å². The molecule has 0 saturated heterocycles. The monoisotopic (exact) mass is 455 g/mol. The quantitative estimate of drug-likeness (QED) is 0.404. The van der Waals surface area contributed by atoms with Crippen LogP contribution < -0.4 is 0 Å². The number of hydrogen-bond donors (Lipinski definition) is 0. The van der Waals surface area contributed by atoms with Crippen molar-refractivity contribution >= 4 is 17.3 Å². The predicted octanol–water partition coefficient (Wildman–Crippen LogP) is 6.65. The first-order valence-electron chi connectivity index (χ1n) is 9.57. The predicted molar refractivity (Wildman–Crippen MR) is 117 cm³/mol. The van der Waals surface area contributed by atoms with E-state index >= 15 is 0 Å². The lowest BCUT2D eigenvalue weighted by molar-refractivity contribution is 0.341. The van der Waals surface area contributed by atoms with Gasteiger partial charge in [-0.05, 0) is 48.9 Å². The van der Waals surface area contributed by atoms with Crippen LogP contribution in [0.25, 0.3) is 11.3 Å². The molecule has 2 heterocycles. The van der Waals surface area contributed by atoms with E-state index in [0.29, 0.717) is 40.0 Å². The largest absolute Gasteiger partial charge is 0.359 e. The molecule has 3 aromatic rings. The lowest BCUT2D eigenvalue weighted by atomic mass is 10.1. The van der Waals surface area contributed by atoms with E-state index in [0.717, 1.165) is 6.07 Å². The van der Waals surface area contributed by atoms with Crippen molar-refractivity contribution in [3.8, 4) is 11.3 Å². The van der Waals surface area contributed by atoms with Gasteiger partial charge in [-0.1, -0.05) is 29.4 Å². The Morgan fingerprint density at radius 1 is 1.16 bits per heavy atom. The van der Waals surface area contributed by atoms with E-state index in [-0.39, 0.29) is 11.1 Å². The zero-order valence-corrected chi connectivity index (χ0v) is 17.7. The van der Waals surface area contributed by atoms with Crippen molar-refractivity contribution in [1.82, 2.24) is 10.1 Å². The van der Waals surface area contributed by atoms with Gasteiger partial charge in [-0.25, -0.2) is 13.2 Å². The van der Waals surface area contributed by atoms with Crippen molar-refractivity contribution < 1.29 is 17.7 Å². The summed E-state index contributed by atoms with van der Waals surface area (Å²) in [7, 11) is 0. The maximum Gasteiger partial charge on any atom is 0.167 e. The van der Waals surface area contributed by atoms with Gasteiger partial charge < -0.3 is 9.42 Å². The highest BCUT2D eigenvalue weighted by molar-refractivity contribution is 6.30. The molecule has 1 aromatic heterocycles. The second-order valence-electron chi connectivity index (χ2n) is 7.13. The van der Waals surface area contributed by atoms with Gasteiger partial charge in [0, 0.05) is 40.3 Å². The molecule has 0 spiro atoms. The minimum atomic E-state index is -0.952. The van der Waals surface area contributed by atoms with Crippen molar-refractivity contribution in [1.29, 1.82) is 0 Å². The molecule has 0 unspecified atom stereocenters. The summed E-state index contributed by atoms with van der Waals surface area (Å²) in [6, 6.07) is 9.89. The average Bonchev–Trinajstić information content (AvgIpc) is 3.20. The average molecular weight is 456 g/mol. The summed E-state index contributed by atoms with van der Waals surface area (Å²) in [5.74, 6) is -1.90. The van der Waals surface area contributed by atoms with Gasteiger partial charge in [0.25, 0.3) is 0 Å². The Morgan fingerprint density at radius 2 is 1.97 bits per heavy atom. The molecule has 0 radical (unpaired) electrons. The molecule has 0 bridgehead atoms. The van der Waals surface area contributed by atoms with Gasteiger partial charge in [0.05, 0.1) is 12.2 Å². The maximum absolute atomic E-state index is 14.1. The Bertz CT molecular complexity index is 1290. The van der Waals surface area contributed by atoms with Crippen LogP contribution in [-0.2, 0) is 6.54 Å². The summed E-state index contributed by atoms with van der Waals surface area (Å²) in [5.41, 5.74) is 2.10. The fraction of sp³-hybridized carbons (Fsp3) is 0.0833. The number of halogens is 4. The fourth-order valence-corrected chi connectivity index (χ4v) is 3.33. The molecule has 0 aliphatic carbocycles. The first-order chi connectivity index (χ1) is 15.3. The molecule has 8 heteroatoms. The summed E-state index contributed by atoms with van der Waals surface area (Å²) < 4.78 is 47.1. The zero-order chi connectivity index (χ0) is 22.8. The van der Waals surface area contributed by atoms with Crippen molar-refractivity contribution in [3.63, 3.8) is 0 Å². The van der Waals surface area contributed by atoms with E-state index in [9.17, 15) is 13.2 Å². The molecule has 1 aliphatic rings. The molecule has 4 nitrogen and oxygen atoms in total. The Kier molecular flexibility index (Phi) is 6.01. The van der Waals surface area contributed by atoms with Crippen LogP contribution in [0.4, 0.5) is 13.2 Å². The molecule has 0 amide bonds. The first kappa shape index (κ1) is 21.6. The molecule has 0 N–H and O–H groups in total. The molecule has 162 valence electrons. The van der Waals surface area contributed by atoms with E-state index in [1.54, 1.807) is 42.4 Å². The maximum atomic E-state index is 14.1. The van der Waals surface area contributed by atoms with E-state index in [1.165, 1.54) is 24.3 Å². The highest BCUT2D eigenvalue weighted by Crippen LogP contribution is 2.27. The standard InChI is InChI=1S/C24H17ClF3N3O/c1-14-8-9-31(13-23(14)29-15(2)18-4-3-5-20(26)24(18)28)12-17-11-22(30-32-17)19-7-6-16(25)10-21(19)27/h3-11,13H,1,12H2,2H3/b29-15+. The van der Waals surface area contributed by atoms with E-state index in [2.05, 4.69) is 16.7 Å². The molecule has 0 saturated carbocycles. The third-order valence-electron chi connectivity index (χ3n) is 4.82. The summed E-state index contributed by atoms with van der Waals surface area (Å²) in [6.07, 6.45) is 5.21. The van der Waals surface area contributed by atoms with Crippen molar-refractivity contribution in [2.45, 2.75) is 13.5 Å². The first-order valence-corrected chi connectivity index (χ1v) is 9.95. The molecule has 32 heavy (non-hydrogen) atoms. The van der Waals surface area contributed by atoms with Crippen LogP contribution in [-0.4, -0.2) is 15.8 Å². The second-order valence-corrected chi connectivity index (χ2v) is 7.57. The lowest BCUT2D eigenvalue weighted by Crippen LogP contribution is -2.13. The Morgan fingerprint density at radius 3 is 2.75 bits per heavy atom. The van der Waals surface area contributed by atoms with Crippen molar-refractivity contribution in [2.24, 2.45) is 4.99 Å². The number of nitrogens with zero attached hydrogens (tertiary/aromatic N) is 3. The molecule has 1 aliphatic heterocycles. The minimum absolute atomic E-state index is 0.0738. The number of aromatic nitrogens is 1. The van der Waals surface area contributed by atoms with Crippen molar-refractivity contribution in [3.05, 3.63) is 113 Å². The van der Waals surface area contributed by atoms with Crippen LogP contribution in [0.1, 0.15) is 18.2 Å². The van der Waals surface area contributed by atoms with Crippen LogP contribution in [0.3, 0.4) is 0 Å². The van der Waals surface area contributed by atoms with Crippen LogP contribution in [0.15, 0.2) is 88.3 Å². The second kappa shape index (κ2) is 8.88. The summed E-state index contributed by atoms with van der Waals surface area (Å²) >= 11 is 5.79. The van der Waals surface area contributed by atoms with Gasteiger partial charge in [-0.15, -0.1) is 0 Å². The number of rotatable bonds is 5. The number of allylic oxidation sites excluding steroid dienone is 1. The number of benzene rings is 2. The Labute approximate surface area is 187 Å². The van der Waals surface area contributed by atoms with E-state index < -0.39 is 17.5 Å². The minimum Gasteiger partial charge on any atom is -0.359 e. The smallest absolute Gasteiger partial charge is 0.167 e. The normalized spacial score (nSPS) is 14.2. The molecular formula is C24H17ClF3N3O. The zero-order valence-electron chi connectivity index (χ0n) is 16.9. The molecule has 0 fully saturated rings. The lowest BCUT2D eigenvalue weighted by Gasteiger charge is -2.20. The summed E-state index contributed by atoms with van der Waals surface area (Å²) in [6.45, 7) is 5.82. The number of aliphatic imine (C=N–C) groups is 1. The highest BCUT2D eigenvalue weighted by Gasteiger charge is 2.16. The third kappa shape index (κ3) is 4.53. The molecule has 0 atom stereocenters. The summed E-state index contributed by atoms with van der Waals surface area (Å²) in [5, 5.41) is 4.22. The van der Waals surface area contributed by atoms with Crippen LogP contribution in [0.2, 0.25) is 5.02 Å².